The third-order valence-corrected chi connectivity index (χ3v) is 2.72. The summed E-state index contributed by atoms with van der Waals surface area (Å²) in [6.45, 7) is 0. The maximum atomic E-state index is 12.8. The fourth-order valence-electron chi connectivity index (χ4n) is 1.72. The van der Waals surface area contributed by atoms with Crippen molar-refractivity contribution in [3.05, 3.63) is 53.8 Å². The van der Waals surface area contributed by atoms with Crippen molar-refractivity contribution in [2.24, 2.45) is 0 Å². The van der Waals surface area contributed by atoms with Crippen molar-refractivity contribution in [1.82, 2.24) is 0 Å². The number of anilines is 1. The molecule has 0 amide bonds. The van der Waals surface area contributed by atoms with Gasteiger partial charge in [0.05, 0.1) is 12.7 Å². The van der Waals surface area contributed by atoms with Gasteiger partial charge in [-0.1, -0.05) is 0 Å². The van der Waals surface area contributed by atoms with E-state index in [0.29, 0.717) is 22.7 Å². The molecule has 0 bridgehead atoms. The first-order chi connectivity index (χ1) is 9.63. The molecule has 0 aromatic heterocycles. The number of benzene rings is 2. The molecule has 1 N–H and O–H groups in total. The predicted molar refractivity (Wildman–Crippen MR) is 73.8 cm³/mol. The van der Waals surface area contributed by atoms with Gasteiger partial charge in [-0.3, -0.25) is 0 Å². The third-order valence-electron chi connectivity index (χ3n) is 2.72. The molecule has 0 spiro atoms. The second-order valence-electron chi connectivity index (χ2n) is 4.00. The molecule has 0 saturated carbocycles. The molecule has 0 fully saturated rings. The van der Waals surface area contributed by atoms with Gasteiger partial charge in [0.15, 0.2) is 0 Å². The van der Waals surface area contributed by atoms with Crippen LogP contribution in [0.1, 0.15) is 10.4 Å². The van der Waals surface area contributed by atoms with E-state index in [1.54, 1.807) is 25.2 Å². The molecule has 0 saturated heterocycles. The lowest BCUT2D eigenvalue weighted by Gasteiger charge is -2.11. The minimum absolute atomic E-state index is 0.335. The van der Waals surface area contributed by atoms with Crippen LogP contribution in [0.2, 0.25) is 0 Å². The summed E-state index contributed by atoms with van der Waals surface area (Å²) in [5, 5.41) is 2.90. The maximum absolute atomic E-state index is 12.8. The van der Waals surface area contributed by atoms with Gasteiger partial charge >= 0.3 is 5.97 Å². The zero-order chi connectivity index (χ0) is 14.5. The first-order valence-electron chi connectivity index (χ1n) is 5.97. The highest BCUT2D eigenvalue weighted by atomic mass is 19.1. The zero-order valence-electron chi connectivity index (χ0n) is 11.1. The normalized spacial score (nSPS) is 9.95. The SMILES string of the molecule is CNc1ccc(Oc2ccc(F)cc2)cc1C(=O)OC. The molecule has 20 heavy (non-hydrogen) atoms. The lowest BCUT2D eigenvalue weighted by Crippen LogP contribution is -2.05. The molecule has 2 aromatic carbocycles. The Hall–Kier alpha value is -2.56. The van der Waals surface area contributed by atoms with E-state index in [2.05, 4.69) is 5.32 Å². The van der Waals surface area contributed by atoms with Crippen molar-refractivity contribution in [2.75, 3.05) is 19.5 Å². The van der Waals surface area contributed by atoms with Gasteiger partial charge in [-0.15, -0.1) is 0 Å². The lowest BCUT2D eigenvalue weighted by molar-refractivity contribution is 0.0601. The summed E-state index contributed by atoms with van der Waals surface area (Å²) >= 11 is 0. The Kier molecular flexibility index (Phi) is 4.20. The summed E-state index contributed by atoms with van der Waals surface area (Å²) in [5.74, 6) is 0.160. The second-order valence-corrected chi connectivity index (χ2v) is 4.00. The number of halogens is 1. The van der Waals surface area contributed by atoms with Crippen molar-refractivity contribution < 1.29 is 18.7 Å². The van der Waals surface area contributed by atoms with Crippen LogP contribution in [0.15, 0.2) is 42.5 Å². The van der Waals surface area contributed by atoms with Crippen LogP contribution < -0.4 is 10.1 Å². The largest absolute Gasteiger partial charge is 0.465 e. The van der Waals surface area contributed by atoms with Crippen LogP contribution in [0, 0.1) is 5.82 Å². The smallest absolute Gasteiger partial charge is 0.340 e. The molecule has 2 rings (SSSR count). The van der Waals surface area contributed by atoms with Crippen molar-refractivity contribution in [3.63, 3.8) is 0 Å². The Morgan fingerprint density at radius 1 is 1.10 bits per heavy atom. The number of methoxy groups -OCH3 is 1. The van der Waals surface area contributed by atoms with Gasteiger partial charge in [0.1, 0.15) is 17.3 Å². The maximum Gasteiger partial charge on any atom is 0.340 e. The lowest BCUT2D eigenvalue weighted by atomic mass is 10.1. The van der Waals surface area contributed by atoms with Gasteiger partial charge < -0.3 is 14.8 Å². The summed E-state index contributed by atoms with van der Waals surface area (Å²) in [5.41, 5.74) is 1.01. The number of hydrogen-bond donors (Lipinski definition) is 1. The Morgan fingerprint density at radius 2 is 1.75 bits per heavy atom. The highest BCUT2D eigenvalue weighted by Crippen LogP contribution is 2.27. The molecule has 5 heteroatoms. The van der Waals surface area contributed by atoms with Crippen molar-refractivity contribution in [2.45, 2.75) is 0 Å². The average Bonchev–Trinajstić information content (AvgIpc) is 2.48. The summed E-state index contributed by atoms with van der Waals surface area (Å²) in [7, 11) is 3.03. The van der Waals surface area contributed by atoms with Crippen LogP contribution in [0.3, 0.4) is 0 Å². The van der Waals surface area contributed by atoms with Crippen LogP contribution in [0.5, 0.6) is 11.5 Å². The fraction of sp³-hybridized carbons (Fsp3) is 0.133. The molecule has 0 aliphatic heterocycles. The number of ether oxygens (including phenoxy) is 2. The topological polar surface area (TPSA) is 47.6 Å². The van der Waals surface area contributed by atoms with E-state index >= 15 is 0 Å². The van der Waals surface area contributed by atoms with E-state index in [1.807, 2.05) is 0 Å². The van der Waals surface area contributed by atoms with Gasteiger partial charge in [0, 0.05) is 12.7 Å². The van der Waals surface area contributed by atoms with Crippen molar-refractivity contribution >= 4 is 11.7 Å². The minimum atomic E-state index is -0.459. The molecule has 0 unspecified atom stereocenters. The number of esters is 1. The van der Waals surface area contributed by atoms with Crippen LogP contribution >= 0.6 is 0 Å². The van der Waals surface area contributed by atoms with Gasteiger partial charge in [0.2, 0.25) is 0 Å². The standard InChI is InChI=1S/C15H14FNO3/c1-17-14-8-7-12(9-13(14)15(18)19-2)20-11-5-3-10(16)4-6-11/h3-9,17H,1-2H3. The van der Waals surface area contributed by atoms with Crippen LogP contribution in [-0.4, -0.2) is 20.1 Å². The number of carbonyl (C=O) groups is 1. The number of hydrogen-bond acceptors (Lipinski definition) is 4. The van der Waals surface area contributed by atoms with Gasteiger partial charge in [-0.2, -0.15) is 0 Å². The third kappa shape index (κ3) is 3.06. The predicted octanol–water partition coefficient (Wildman–Crippen LogP) is 3.45. The molecule has 0 heterocycles. The fourth-order valence-corrected chi connectivity index (χ4v) is 1.72. The van der Waals surface area contributed by atoms with Crippen LogP contribution in [-0.2, 0) is 4.74 Å². The van der Waals surface area contributed by atoms with Gasteiger partial charge in [-0.25, -0.2) is 9.18 Å². The molecular formula is C15H14FNO3. The van der Waals surface area contributed by atoms with E-state index in [-0.39, 0.29) is 5.82 Å². The number of carbonyl (C=O) groups excluding carboxylic acids is 1. The van der Waals surface area contributed by atoms with E-state index in [0.717, 1.165) is 0 Å². The number of nitrogens with one attached hydrogen (secondary N) is 1. The summed E-state index contributed by atoms with van der Waals surface area (Å²) in [4.78, 5) is 11.7. The monoisotopic (exact) mass is 275 g/mol. The molecule has 4 nitrogen and oxygen atoms in total. The quantitative estimate of drug-likeness (QED) is 0.868. The first kappa shape index (κ1) is 13.9. The molecule has 2 aromatic rings. The summed E-state index contributed by atoms with van der Waals surface area (Å²) < 4.78 is 23.1. The molecule has 0 atom stereocenters. The highest BCUT2D eigenvalue weighted by Gasteiger charge is 2.12. The number of rotatable bonds is 4. The van der Waals surface area contributed by atoms with Crippen molar-refractivity contribution in [3.8, 4) is 11.5 Å². The molecular weight excluding hydrogens is 261 g/mol. The Labute approximate surface area is 116 Å². The average molecular weight is 275 g/mol. The van der Waals surface area contributed by atoms with Gasteiger partial charge in [-0.05, 0) is 42.5 Å². The minimum Gasteiger partial charge on any atom is -0.465 e. The van der Waals surface area contributed by atoms with Crippen molar-refractivity contribution in [1.29, 1.82) is 0 Å². The zero-order valence-corrected chi connectivity index (χ0v) is 11.1. The van der Waals surface area contributed by atoms with E-state index < -0.39 is 5.97 Å². The van der Waals surface area contributed by atoms with E-state index in [1.165, 1.54) is 31.4 Å². The molecule has 104 valence electrons. The Balaban J connectivity index is 2.28. The van der Waals surface area contributed by atoms with E-state index in [9.17, 15) is 9.18 Å². The summed E-state index contributed by atoms with van der Waals surface area (Å²) in [6.07, 6.45) is 0. The molecule has 0 radical (unpaired) electrons. The van der Waals surface area contributed by atoms with Gasteiger partial charge in [0.25, 0.3) is 0 Å². The molecule has 0 aliphatic rings. The first-order valence-corrected chi connectivity index (χ1v) is 5.97. The molecule has 0 aliphatic carbocycles. The highest BCUT2D eigenvalue weighted by molar-refractivity contribution is 5.96. The summed E-state index contributed by atoms with van der Waals surface area (Å²) in [6, 6.07) is 10.6. The van der Waals surface area contributed by atoms with E-state index in [4.69, 9.17) is 9.47 Å². The Bertz CT molecular complexity index is 611. The van der Waals surface area contributed by atoms with Crippen LogP contribution in [0.4, 0.5) is 10.1 Å². The second kappa shape index (κ2) is 6.06. The van der Waals surface area contributed by atoms with Crippen LogP contribution in [0.25, 0.3) is 0 Å². The Morgan fingerprint density at radius 3 is 2.35 bits per heavy atom.